The maximum absolute atomic E-state index is 12.5. The average Bonchev–Trinajstić information content (AvgIpc) is 3.11. The van der Waals surface area contributed by atoms with Crippen LogP contribution in [0.15, 0.2) is 48.6 Å². The Morgan fingerprint density at radius 2 is 1.13 bits per heavy atom. The fourth-order valence-corrected chi connectivity index (χ4v) is 5.74. The third-order valence-corrected chi connectivity index (χ3v) is 9.05. The van der Waals surface area contributed by atoms with Crippen molar-refractivity contribution in [3.63, 3.8) is 0 Å². The third-order valence-electron chi connectivity index (χ3n) is 8.10. The molecule has 1 unspecified atom stereocenters. The van der Waals surface area contributed by atoms with Crippen molar-refractivity contribution in [2.24, 2.45) is 5.73 Å². The molecule has 0 bridgehead atoms. The Labute approximate surface area is 318 Å². The number of carboxylic acids is 1. The smallest absolute Gasteiger partial charge is 0.472 e. The lowest BCUT2D eigenvalue weighted by atomic mass is 10.1. The molecule has 0 heterocycles. The summed E-state index contributed by atoms with van der Waals surface area (Å²) < 4.78 is 32.5. The monoisotopic (exact) mass is 771 g/mol. The molecule has 0 spiro atoms. The molecule has 0 fully saturated rings. The minimum absolute atomic E-state index is 0.134. The highest BCUT2D eigenvalue weighted by molar-refractivity contribution is 7.47. The molecule has 4 atom stereocenters. The minimum Gasteiger partial charge on any atom is -0.480 e. The number of aliphatic carboxylic acids is 1. The van der Waals surface area contributed by atoms with Crippen molar-refractivity contribution < 1.29 is 52.6 Å². The fourth-order valence-electron chi connectivity index (χ4n) is 4.96. The number of aliphatic hydroxyl groups excluding tert-OH is 1. The van der Waals surface area contributed by atoms with Crippen molar-refractivity contribution in [3.05, 3.63) is 48.6 Å². The summed E-state index contributed by atoms with van der Waals surface area (Å²) in [6, 6.07) is -1.53. The predicted octanol–water partition coefficient (Wildman–Crippen LogP) is 8.80. The summed E-state index contributed by atoms with van der Waals surface area (Å²) in [5.74, 6) is -2.48. The van der Waals surface area contributed by atoms with Crippen LogP contribution in [0.4, 0.5) is 0 Å². The Morgan fingerprint density at radius 3 is 1.66 bits per heavy atom. The van der Waals surface area contributed by atoms with Crippen molar-refractivity contribution in [3.8, 4) is 0 Å². The zero-order valence-electron chi connectivity index (χ0n) is 32.5. The largest absolute Gasteiger partial charge is 0.480 e. The summed E-state index contributed by atoms with van der Waals surface area (Å²) >= 11 is 0. The van der Waals surface area contributed by atoms with Crippen LogP contribution in [-0.4, -0.2) is 71.1 Å². The van der Waals surface area contributed by atoms with E-state index in [2.05, 4.69) is 47.9 Å². The number of hydrogen-bond acceptors (Lipinski definition) is 10. The molecule has 0 aromatic heterocycles. The molecule has 0 aliphatic rings. The number of nitrogens with two attached hydrogens (primary N) is 1. The van der Waals surface area contributed by atoms with Gasteiger partial charge in [-0.25, -0.2) is 4.57 Å². The van der Waals surface area contributed by atoms with Crippen LogP contribution in [0.1, 0.15) is 149 Å². The topological polar surface area (TPSA) is 192 Å². The zero-order chi connectivity index (χ0) is 39.4. The van der Waals surface area contributed by atoms with E-state index in [4.69, 9.17) is 24.8 Å². The first-order valence-corrected chi connectivity index (χ1v) is 21.2. The number of rotatable bonds is 36. The highest BCUT2D eigenvalue weighted by atomic mass is 31.2. The van der Waals surface area contributed by atoms with Crippen LogP contribution in [0, 0.1) is 0 Å². The quantitative estimate of drug-likeness (QED) is 0.0205. The van der Waals surface area contributed by atoms with Gasteiger partial charge in [0.25, 0.3) is 0 Å². The van der Waals surface area contributed by atoms with Gasteiger partial charge < -0.3 is 30.3 Å². The molecule has 0 rings (SSSR count). The molecule has 0 radical (unpaired) electrons. The first kappa shape index (κ1) is 50.4. The Balaban J connectivity index is 4.50. The number of carboxylic acid groups (broad SMARTS) is 1. The Hall–Kier alpha value is -2.60. The molecule has 0 saturated heterocycles. The fraction of sp³-hybridized carbons (Fsp3) is 0.725. The average molecular weight is 772 g/mol. The van der Waals surface area contributed by atoms with Crippen molar-refractivity contribution in [1.82, 2.24) is 0 Å². The van der Waals surface area contributed by atoms with E-state index in [-0.39, 0.29) is 25.6 Å². The van der Waals surface area contributed by atoms with Crippen molar-refractivity contribution in [1.29, 1.82) is 0 Å². The SMILES string of the molecule is CCCCCCCCCCCCCC(=O)O[C@H](COC(=O)CCC/C=C\C/C=C\C/C=C\C/C=C\CCC[C@@H](C)O)COP(=O)(O)OC[C@H](N)C(=O)O. The molecule has 0 saturated carbocycles. The van der Waals surface area contributed by atoms with Crippen LogP contribution in [0.25, 0.3) is 0 Å². The van der Waals surface area contributed by atoms with Gasteiger partial charge in [-0.05, 0) is 64.7 Å². The van der Waals surface area contributed by atoms with Gasteiger partial charge in [0, 0.05) is 12.8 Å². The number of ether oxygens (including phenoxy) is 2. The molecule has 13 heteroatoms. The summed E-state index contributed by atoms with van der Waals surface area (Å²) in [5, 5.41) is 18.1. The second-order valence-electron chi connectivity index (χ2n) is 13.4. The number of unbranched alkanes of at least 4 members (excludes halogenated alkanes) is 12. The van der Waals surface area contributed by atoms with E-state index in [1.807, 2.05) is 19.1 Å². The normalized spacial score (nSPS) is 15.0. The number of esters is 2. The highest BCUT2D eigenvalue weighted by Gasteiger charge is 2.28. The van der Waals surface area contributed by atoms with Crippen molar-refractivity contribution in [2.45, 2.75) is 167 Å². The number of allylic oxidation sites excluding steroid dienone is 8. The van der Waals surface area contributed by atoms with E-state index in [1.54, 1.807) is 0 Å². The van der Waals surface area contributed by atoms with Crippen LogP contribution < -0.4 is 5.73 Å². The highest BCUT2D eigenvalue weighted by Crippen LogP contribution is 2.43. The molecule has 0 amide bonds. The van der Waals surface area contributed by atoms with Gasteiger partial charge in [-0.2, -0.15) is 0 Å². The predicted molar refractivity (Wildman–Crippen MR) is 209 cm³/mol. The lowest BCUT2D eigenvalue weighted by molar-refractivity contribution is -0.161. The summed E-state index contributed by atoms with van der Waals surface area (Å²) in [6.45, 7) is 2.26. The third kappa shape index (κ3) is 36.2. The number of carbonyl (C=O) groups excluding carboxylic acids is 2. The Kier molecular flexibility index (Phi) is 33.4. The second-order valence-corrected chi connectivity index (χ2v) is 14.8. The molecular formula is C40H70NO11P. The van der Waals surface area contributed by atoms with Gasteiger partial charge in [0.2, 0.25) is 0 Å². The van der Waals surface area contributed by atoms with E-state index < -0.39 is 51.1 Å². The Bertz CT molecular complexity index is 1110. The number of hydrogen-bond donors (Lipinski definition) is 4. The number of phosphoric ester groups is 1. The molecule has 0 aliphatic heterocycles. The van der Waals surface area contributed by atoms with Crippen LogP contribution >= 0.6 is 7.82 Å². The van der Waals surface area contributed by atoms with E-state index in [1.165, 1.54) is 44.9 Å². The standard InChI is InChI=1S/C40H70NO11P/c1-3-4-5-6-7-8-14-19-22-25-28-31-39(44)52-36(33-50-53(47,48)51-34-37(41)40(45)46)32-49-38(43)30-27-24-21-18-16-13-11-9-10-12-15-17-20-23-26-29-35(2)42/h10-13,17-18,20-21,35-37,42H,3-9,14-16,19,22-34,41H2,1-2H3,(H,45,46)(H,47,48)/b12-10-,13-11-,20-17-,21-18-/t35-,36-,37+/m1/s1. The molecule has 5 N–H and O–H groups in total. The Morgan fingerprint density at radius 1 is 0.660 bits per heavy atom. The van der Waals surface area contributed by atoms with E-state index in [9.17, 15) is 28.9 Å². The minimum atomic E-state index is -4.73. The molecule has 0 aliphatic carbocycles. The van der Waals surface area contributed by atoms with Gasteiger partial charge in [-0.1, -0.05) is 120 Å². The lowest BCUT2D eigenvalue weighted by Crippen LogP contribution is -2.34. The molecule has 306 valence electrons. The van der Waals surface area contributed by atoms with Crippen molar-refractivity contribution in [2.75, 3.05) is 19.8 Å². The lowest BCUT2D eigenvalue weighted by Gasteiger charge is -2.20. The number of carbonyl (C=O) groups is 3. The van der Waals surface area contributed by atoms with Crippen molar-refractivity contribution >= 4 is 25.7 Å². The van der Waals surface area contributed by atoms with Crippen LogP contribution in [-0.2, 0) is 37.5 Å². The van der Waals surface area contributed by atoms with Gasteiger partial charge in [0.05, 0.1) is 19.3 Å². The van der Waals surface area contributed by atoms with Crippen LogP contribution in [0.2, 0.25) is 0 Å². The van der Waals surface area contributed by atoms with E-state index >= 15 is 0 Å². The second kappa shape index (κ2) is 35.1. The summed E-state index contributed by atoms with van der Waals surface area (Å²) in [5.41, 5.74) is 5.31. The molecule has 0 aromatic carbocycles. The van der Waals surface area contributed by atoms with Gasteiger partial charge in [-0.15, -0.1) is 0 Å². The molecular weight excluding hydrogens is 701 g/mol. The maximum atomic E-state index is 12.5. The maximum Gasteiger partial charge on any atom is 0.472 e. The molecule has 12 nitrogen and oxygen atoms in total. The van der Waals surface area contributed by atoms with Crippen LogP contribution in [0.3, 0.4) is 0 Å². The summed E-state index contributed by atoms with van der Waals surface area (Å²) in [6.07, 6.45) is 34.7. The number of phosphoric acid groups is 1. The first-order valence-electron chi connectivity index (χ1n) is 19.7. The van der Waals surface area contributed by atoms with Crippen LogP contribution in [0.5, 0.6) is 0 Å². The number of aliphatic hydroxyl groups is 1. The molecule has 53 heavy (non-hydrogen) atoms. The summed E-state index contributed by atoms with van der Waals surface area (Å²) in [7, 11) is -4.73. The molecule has 0 aromatic rings. The first-order chi connectivity index (χ1) is 25.5. The summed E-state index contributed by atoms with van der Waals surface area (Å²) in [4.78, 5) is 45.7. The van der Waals surface area contributed by atoms with E-state index in [0.717, 1.165) is 57.8 Å². The van der Waals surface area contributed by atoms with Gasteiger partial charge in [0.1, 0.15) is 12.6 Å². The zero-order valence-corrected chi connectivity index (χ0v) is 33.3. The van der Waals surface area contributed by atoms with Gasteiger partial charge >= 0.3 is 25.7 Å². The van der Waals surface area contributed by atoms with E-state index in [0.29, 0.717) is 19.3 Å². The van der Waals surface area contributed by atoms with Gasteiger partial charge in [0.15, 0.2) is 6.10 Å². The van der Waals surface area contributed by atoms with Gasteiger partial charge in [-0.3, -0.25) is 23.4 Å².